The van der Waals surface area contributed by atoms with Crippen LogP contribution >= 0.6 is 11.6 Å². The van der Waals surface area contributed by atoms with Gasteiger partial charge in [-0.1, -0.05) is 41.9 Å². The van der Waals surface area contributed by atoms with Gasteiger partial charge in [-0.05, 0) is 56.9 Å². The standard InChI is InChI=1S/C24H24ClN3/c1-27(2)11-6-12-28-17-23(22-14-21(25)9-10-24(22)28)20-13-19(15-26-16-20)18-7-4-3-5-8-18/h3-5,7-10,13-17H,6,11-12H2,1-2H3. The third kappa shape index (κ3) is 3.96. The summed E-state index contributed by atoms with van der Waals surface area (Å²) in [5.74, 6) is 0. The van der Waals surface area contributed by atoms with E-state index in [4.69, 9.17) is 11.6 Å². The van der Waals surface area contributed by atoms with Gasteiger partial charge >= 0.3 is 0 Å². The molecule has 3 nitrogen and oxygen atoms in total. The Kier molecular flexibility index (Phi) is 5.47. The number of halogens is 1. The van der Waals surface area contributed by atoms with Gasteiger partial charge in [0.2, 0.25) is 0 Å². The van der Waals surface area contributed by atoms with Crippen LogP contribution in [0, 0.1) is 0 Å². The maximum Gasteiger partial charge on any atom is 0.0487 e. The highest BCUT2D eigenvalue weighted by Gasteiger charge is 2.12. The molecular formula is C24H24ClN3. The average molecular weight is 390 g/mol. The Labute approximate surface area is 171 Å². The van der Waals surface area contributed by atoms with Gasteiger partial charge < -0.3 is 9.47 Å². The van der Waals surface area contributed by atoms with Crippen LogP contribution < -0.4 is 0 Å². The van der Waals surface area contributed by atoms with E-state index in [0.717, 1.165) is 35.7 Å². The maximum atomic E-state index is 6.33. The summed E-state index contributed by atoms with van der Waals surface area (Å²) in [7, 11) is 4.22. The van der Waals surface area contributed by atoms with Gasteiger partial charge in [0.1, 0.15) is 0 Å². The summed E-state index contributed by atoms with van der Waals surface area (Å²) in [4.78, 5) is 6.73. The molecule has 0 spiro atoms. The lowest BCUT2D eigenvalue weighted by atomic mass is 10.0. The minimum absolute atomic E-state index is 0.756. The molecule has 2 heterocycles. The normalized spacial score (nSPS) is 11.4. The highest BCUT2D eigenvalue weighted by molar-refractivity contribution is 6.31. The molecule has 0 fully saturated rings. The quantitative estimate of drug-likeness (QED) is 0.404. The van der Waals surface area contributed by atoms with Crippen molar-refractivity contribution >= 4 is 22.5 Å². The third-order valence-electron chi connectivity index (χ3n) is 5.00. The Morgan fingerprint density at radius 2 is 1.71 bits per heavy atom. The number of benzene rings is 2. The van der Waals surface area contributed by atoms with Crippen molar-refractivity contribution < 1.29 is 0 Å². The van der Waals surface area contributed by atoms with E-state index in [1.807, 2.05) is 24.5 Å². The summed E-state index contributed by atoms with van der Waals surface area (Å²) in [5.41, 5.74) is 5.79. The molecule has 0 saturated carbocycles. The summed E-state index contributed by atoms with van der Waals surface area (Å²) in [6.07, 6.45) is 7.19. The molecule has 0 saturated heterocycles. The Morgan fingerprint density at radius 3 is 2.50 bits per heavy atom. The van der Waals surface area contributed by atoms with Crippen molar-refractivity contribution in [1.82, 2.24) is 14.5 Å². The van der Waals surface area contributed by atoms with Crippen LogP contribution in [0.2, 0.25) is 5.02 Å². The first-order valence-electron chi connectivity index (χ1n) is 9.56. The largest absolute Gasteiger partial charge is 0.347 e. The van der Waals surface area contributed by atoms with Crippen molar-refractivity contribution in [2.75, 3.05) is 20.6 Å². The number of nitrogens with zero attached hydrogens (tertiary/aromatic N) is 3. The lowest BCUT2D eigenvalue weighted by molar-refractivity contribution is 0.388. The Bertz CT molecular complexity index is 1080. The zero-order valence-electron chi connectivity index (χ0n) is 16.3. The first-order chi connectivity index (χ1) is 13.6. The van der Waals surface area contributed by atoms with Crippen molar-refractivity contribution in [3.63, 3.8) is 0 Å². The fourth-order valence-corrected chi connectivity index (χ4v) is 3.79. The lowest BCUT2D eigenvalue weighted by Gasteiger charge is -2.10. The van der Waals surface area contributed by atoms with Crippen molar-refractivity contribution in [2.24, 2.45) is 0 Å². The molecule has 28 heavy (non-hydrogen) atoms. The van der Waals surface area contributed by atoms with E-state index in [1.165, 1.54) is 22.0 Å². The minimum Gasteiger partial charge on any atom is -0.347 e. The van der Waals surface area contributed by atoms with Gasteiger partial charge in [0, 0.05) is 57.8 Å². The van der Waals surface area contributed by atoms with Gasteiger partial charge in [0.15, 0.2) is 0 Å². The van der Waals surface area contributed by atoms with Crippen LogP contribution in [0.25, 0.3) is 33.2 Å². The molecule has 0 bridgehead atoms. The Balaban J connectivity index is 1.77. The number of pyridine rings is 1. The molecule has 142 valence electrons. The second kappa shape index (κ2) is 8.17. The molecule has 4 aromatic rings. The van der Waals surface area contributed by atoms with Crippen LogP contribution in [0.1, 0.15) is 6.42 Å². The monoisotopic (exact) mass is 389 g/mol. The fraction of sp³-hybridized carbons (Fsp3) is 0.208. The number of rotatable bonds is 6. The smallest absolute Gasteiger partial charge is 0.0487 e. The molecule has 0 aliphatic carbocycles. The molecule has 0 N–H and O–H groups in total. The van der Waals surface area contributed by atoms with Crippen LogP contribution in [0.5, 0.6) is 0 Å². The molecule has 2 aromatic heterocycles. The molecule has 4 heteroatoms. The summed E-state index contributed by atoms with van der Waals surface area (Å²) < 4.78 is 2.33. The molecule has 0 radical (unpaired) electrons. The Hall–Kier alpha value is -2.62. The summed E-state index contributed by atoms with van der Waals surface area (Å²) in [6, 6.07) is 18.7. The van der Waals surface area contributed by atoms with Gasteiger partial charge in [0.25, 0.3) is 0 Å². The molecule has 0 amide bonds. The first-order valence-corrected chi connectivity index (χ1v) is 9.93. The van der Waals surface area contributed by atoms with Crippen LogP contribution in [0.4, 0.5) is 0 Å². The van der Waals surface area contributed by atoms with Gasteiger partial charge in [-0.3, -0.25) is 4.98 Å². The molecule has 4 rings (SSSR count). The number of fused-ring (bicyclic) bond motifs is 1. The van der Waals surface area contributed by atoms with Gasteiger partial charge in [-0.25, -0.2) is 0 Å². The lowest BCUT2D eigenvalue weighted by Crippen LogP contribution is -2.14. The van der Waals surface area contributed by atoms with Crippen molar-refractivity contribution in [3.05, 3.63) is 78.2 Å². The first kappa shape index (κ1) is 18.7. The van der Waals surface area contributed by atoms with E-state index in [1.54, 1.807) is 0 Å². The minimum atomic E-state index is 0.756. The highest BCUT2D eigenvalue weighted by atomic mass is 35.5. The van der Waals surface area contributed by atoms with E-state index >= 15 is 0 Å². The van der Waals surface area contributed by atoms with Gasteiger partial charge in [0.05, 0.1) is 0 Å². The zero-order chi connectivity index (χ0) is 19.5. The average Bonchev–Trinajstić information content (AvgIpc) is 3.06. The van der Waals surface area contributed by atoms with Crippen molar-refractivity contribution in [2.45, 2.75) is 13.0 Å². The molecule has 0 aliphatic rings. The van der Waals surface area contributed by atoms with E-state index in [-0.39, 0.29) is 0 Å². The topological polar surface area (TPSA) is 21.1 Å². The van der Waals surface area contributed by atoms with Crippen LogP contribution in [-0.4, -0.2) is 35.1 Å². The number of hydrogen-bond acceptors (Lipinski definition) is 2. The fourth-order valence-electron chi connectivity index (χ4n) is 3.62. The van der Waals surface area contributed by atoms with E-state index in [0.29, 0.717) is 0 Å². The molecule has 2 aromatic carbocycles. The summed E-state index contributed by atoms with van der Waals surface area (Å²) in [6.45, 7) is 2.04. The predicted octanol–water partition coefficient (Wildman–Crippen LogP) is 5.98. The number of aryl methyl sites for hydroxylation is 1. The number of hydrogen-bond donors (Lipinski definition) is 0. The SMILES string of the molecule is CN(C)CCCn1cc(-c2cncc(-c3ccccc3)c2)c2cc(Cl)ccc21. The Morgan fingerprint density at radius 1 is 0.929 bits per heavy atom. The second-order valence-corrected chi connectivity index (χ2v) is 7.82. The molecule has 0 aliphatic heterocycles. The van der Waals surface area contributed by atoms with Gasteiger partial charge in [-0.2, -0.15) is 0 Å². The van der Waals surface area contributed by atoms with E-state index in [2.05, 4.69) is 77.2 Å². The highest BCUT2D eigenvalue weighted by Crippen LogP contribution is 2.34. The second-order valence-electron chi connectivity index (χ2n) is 7.38. The van der Waals surface area contributed by atoms with Crippen LogP contribution in [-0.2, 0) is 6.54 Å². The van der Waals surface area contributed by atoms with Crippen LogP contribution in [0.15, 0.2) is 73.2 Å². The van der Waals surface area contributed by atoms with E-state index in [9.17, 15) is 0 Å². The van der Waals surface area contributed by atoms with Gasteiger partial charge in [-0.15, -0.1) is 0 Å². The van der Waals surface area contributed by atoms with Crippen LogP contribution in [0.3, 0.4) is 0 Å². The summed E-state index contributed by atoms with van der Waals surface area (Å²) in [5, 5.41) is 1.93. The van der Waals surface area contributed by atoms with Crippen molar-refractivity contribution in [3.8, 4) is 22.3 Å². The predicted molar refractivity (Wildman–Crippen MR) is 119 cm³/mol. The molecular weight excluding hydrogens is 366 g/mol. The maximum absolute atomic E-state index is 6.33. The van der Waals surface area contributed by atoms with Crippen molar-refractivity contribution in [1.29, 1.82) is 0 Å². The molecule has 0 atom stereocenters. The number of aromatic nitrogens is 2. The molecule has 0 unspecified atom stereocenters. The third-order valence-corrected chi connectivity index (χ3v) is 5.24. The van der Waals surface area contributed by atoms with E-state index < -0.39 is 0 Å². The zero-order valence-corrected chi connectivity index (χ0v) is 17.0. The summed E-state index contributed by atoms with van der Waals surface area (Å²) >= 11 is 6.33.